The van der Waals surface area contributed by atoms with Crippen molar-refractivity contribution in [3.63, 3.8) is 0 Å². The van der Waals surface area contributed by atoms with Gasteiger partial charge in [-0.3, -0.25) is 0 Å². The van der Waals surface area contributed by atoms with Crippen LogP contribution >= 0.6 is 0 Å². The van der Waals surface area contributed by atoms with E-state index in [-0.39, 0.29) is 0 Å². The van der Waals surface area contributed by atoms with Gasteiger partial charge in [0.1, 0.15) is 0 Å². The van der Waals surface area contributed by atoms with Gasteiger partial charge in [0.15, 0.2) is 0 Å². The molecule has 0 aromatic heterocycles. The Bertz CT molecular complexity index is 93.1. The van der Waals surface area contributed by atoms with Crippen molar-refractivity contribution >= 4 is 6.09 Å². The van der Waals surface area contributed by atoms with Crippen molar-refractivity contribution in [1.29, 1.82) is 0 Å². The second-order valence-corrected chi connectivity index (χ2v) is 2.66. The molecule has 3 heteroatoms. The molecule has 0 heterocycles. The fraction of sp³-hybridized carbons (Fsp3) is 0.800. The molecule has 1 N–H and O–H groups in total. The lowest BCUT2D eigenvalue weighted by atomic mass is 10.1. The first-order chi connectivity index (χ1) is 3.42. The van der Waals surface area contributed by atoms with Crippen molar-refractivity contribution in [2.24, 2.45) is 0 Å². The second-order valence-electron chi connectivity index (χ2n) is 2.66. The Hall–Kier alpha value is -0.730. The third-order valence-corrected chi connectivity index (χ3v) is 0.477. The minimum absolute atomic E-state index is 0.390. The van der Waals surface area contributed by atoms with E-state index in [2.05, 4.69) is 5.32 Å². The van der Waals surface area contributed by atoms with Crippen LogP contribution in [-0.2, 0) is 5.11 Å². The van der Waals surface area contributed by atoms with Crippen LogP contribution in [0.25, 0.3) is 0 Å². The summed E-state index contributed by atoms with van der Waals surface area (Å²) < 4.78 is 0. The zero-order valence-electron chi connectivity index (χ0n) is 5.32. The van der Waals surface area contributed by atoms with Gasteiger partial charge in [-0.1, -0.05) is 0 Å². The highest BCUT2D eigenvalue weighted by atomic mass is 16.4. The summed E-state index contributed by atoms with van der Waals surface area (Å²) in [6.07, 6.45) is -1.22. The van der Waals surface area contributed by atoms with E-state index in [1.807, 2.05) is 0 Å². The summed E-state index contributed by atoms with van der Waals surface area (Å²) in [4.78, 5) is 9.79. The normalized spacial score (nSPS) is 10.9. The Balaban J connectivity index is 3.55. The van der Waals surface area contributed by atoms with Gasteiger partial charge in [-0.2, -0.15) is 0 Å². The molecule has 3 nitrogen and oxygen atoms in total. The first kappa shape index (κ1) is 7.27. The highest BCUT2D eigenvalue weighted by Gasteiger charge is 2.12. The number of carbonyl (C=O) groups is 1. The standard InChI is InChI=1S/C5H10NO2/c1-5(2,3)6-4(7)8/h6H,1-3H3. The van der Waals surface area contributed by atoms with Crippen LogP contribution in [0.3, 0.4) is 0 Å². The Morgan fingerprint density at radius 3 is 1.75 bits per heavy atom. The van der Waals surface area contributed by atoms with Gasteiger partial charge in [-0.05, 0) is 20.8 Å². The molecule has 0 aliphatic heterocycles. The van der Waals surface area contributed by atoms with E-state index in [9.17, 15) is 9.90 Å². The largest absolute Gasteiger partial charge is 0.450 e. The lowest BCUT2D eigenvalue weighted by Gasteiger charge is -2.15. The summed E-state index contributed by atoms with van der Waals surface area (Å²) in [6.45, 7) is 5.26. The average molecular weight is 116 g/mol. The first-order valence-corrected chi connectivity index (χ1v) is 2.41. The molecular weight excluding hydrogens is 106 g/mol. The van der Waals surface area contributed by atoms with E-state index < -0.39 is 11.6 Å². The Morgan fingerprint density at radius 2 is 1.75 bits per heavy atom. The third-order valence-electron chi connectivity index (χ3n) is 0.477. The summed E-state index contributed by atoms with van der Waals surface area (Å²) in [5.74, 6) is 0. The van der Waals surface area contributed by atoms with Crippen molar-refractivity contribution in [3.8, 4) is 0 Å². The second kappa shape index (κ2) is 2.03. The molecule has 1 amide bonds. The van der Waals surface area contributed by atoms with Gasteiger partial charge in [0.25, 0.3) is 0 Å². The first-order valence-electron chi connectivity index (χ1n) is 2.41. The molecule has 0 fully saturated rings. The SMILES string of the molecule is CC(C)(C)NC([O])=O. The maximum absolute atomic E-state index is 9.79. The molecule has 0 spiro atoms. The molecule has 0 aliphatic rings. The topological polar surface area (TPSA) is 49.0 Å². The Labute approximate surface area is 48.7 Å². The highest BCUT2D eigenvalue weighted by molar-refractivity contribution is 5.64. The van der Waals surface area contributed by atoms with E-state index in [1.165, 1.54) is 0 Å². The molecule has 47 valence electrons. The maximum Gasteiger partial charge on any atom is 0.450 e. The molecule has 0 unspecified atom stereocenters. The molecule has 0 saturated carbocycles. The van der Waals surface area contributed by atoms with Gasteiger partial charge in [0.05, 0.1) is 0 Å². The molecule has 0 aliphatic carbocycles. The fourth-order valence-corrected chi connectivity index (χ4v) is 0.306. The molecule has 0 aromatic carbocycles. The highest BCUT2D eigenvalue weighted by Crippen LogP contribution is 1.96. The van der Waals surface area contributed by atoms with Crippen molar-refractivity contribution < 1.29 is 9.90 Å². The number of hydrogen-bond donors (Lipinski definition) is 1. The van der Waals surface area contributed by atoms with Crippen LogP contribution in [0.15, 0.2) is 0 Å². The average Bonchev–Trinajstić information content (AvgIpc) is 1.21. The fourth-order valence-electron chi connectivity index (χ4n) is 0.306. The van der Waals surface area contributed by atoms with Gasteiger partial charge in [-0.25, -0.2) is 9.90 Å². The molecule has 1 radical (unpaired) electrons. The monoisotopic (exact) mass is 116 g/mol. The van der Waals surface area contributed by atoms with Gasteiger partial charge >= 0.3 is 6.09 Å². The number of amides is 1. The Kier molecular flexibility index (Phi) is 1.84. The maximum atomic E-state index is 9.79. The number of rotatable bonds is 0. The van der Waals surface area contributed by atoms with Crippen LogP contribution in [0.2, 0.25) is 0 Å². The third kappa shape index (κ3) is 5.27. The molecule has 0 bridgehead atoms. The summed E-state index contributed by atoms with van der Waals surface area (Å²) in [5, 5.41) is 12.0. The van der Waals surface area contributed by atoms with Gasteiger partial charge in [0.2, 0.25) is 0 Å². The van der Waals surface area contributed by atoms with Crippen LogP contribution in [0.5, 0.6) is 0 Å². The number of hydrogen-bond acceptors (Lipinski definition) is 1. The number of carbonyl (C=O) groups excluding carboxylic acids is 1. The van der Waals surface area contributed by atoms with E-state index in [0.29, 0.717) is 0 Å². The molecule has 0 saturated heterocycles. The van der Waals surface area contributed by atoms with Gasteiger partial charge < -0.3 is 5.32 Å². The predicted molar refractivity (Wildman–Crippen MR) is 29.0 cm³/mol. The van der Waals surface area contributed by atoms with E-state index in [0.717, 1.165) is 0 Å². The summed E-state index contributed by atoms with van der Waals surface area (Å²) in [5.41, 5.74) is -0.390. The van der Waals surface area contributed by atoms with Gasteiger partial charge in [-0.15, -0.1) is 0 Å². The van der Waals surface area contributed by atoms with E-state index in [4.69, 9.17) is 0 Å². The van der Waals surface area contributed by atoms with Gasteiger partial charge in [0, 0.05) is 5.54 Å². The predicted octanol–water partition coefficient (Wildman–Crippen LogP) is 0.925. The van der Waals surface area contributed by atoms with Crippen LogP contribution in [0.1, 0.15) is 20.8 Å². The Morgan fingerprint density at radius 1 is 1.38 bits per heavy atom. The van der Waals surface area contributed by atoms with Crippen LogP contribution in [0.4, 0.5) is 4.79 Å². The van der Waals surface area contributed by atoms with Crippen molar-refractivity contribution in [1.82, 2.24) is 5.32 Å². The lowest BCUT2D eigenvalue weighted by molar-refractivity contribution is 0.159. The van der Waals surface area contributed by atoms with Crippen LogP contribution in [-0.4, -0.2) is 11.6 Å². The van der Waals surface area contributed by atoms with Crippen molar-refractivity contribution in [2.75, 3.05) is 0 Å². The quantitative estimate of drug-likeness (QED) is 0.502. The summed E-state index contributed by atoms with van der Waals surface area (Å²) in [7, 11) is 0. The van der Waals surface area contributed by atoms with Crippen molar-refractivity contribution in [2.45, 2.75) is 26.3 Å². The zero-order valence-corrected chi connectivity index (χ0v) is 5.32. The minimum atomic E-state index is -1.22. The molecule has 8 heavy (non-hydrogen) atoms. The van der Waals surface area contributed by atoms with Crippen LogP contribution in [0, 0.1) is 0 Å². The molecule has 0 aromatic rings. The molecular formula is C5H10NO2. The smallest absolute Gasteiger partial charge is 0.314 e. The van der Waals surface area contributed by atoms with Crippen molar-refractivity contribution in [3.05, 3.63) is 0 Å². The van der Waals surface area contributed by atoms with E-state index in [1.54, 1.807) is 20.8 Å². The minimum Gasteiger partial charge on any atom is -0.314 e. The van der Waals surface area contributed by atoms with E-state index >= 15 is 0 Å². The molecule has 0 atom stereocenters. The summed E-state index contributed by atoms with van der Waals surface area (Å²) >= 11 is 0. The summed E-state index contributed by atoms with van der Waals surface area (Å²) in [6, 6.07) is 0. The van der Waals surface area contributed by atoms with Crippen LogP contribution < -0.4 is 5.32 Å². The molecule has 0 rings (SSSR count). The lowest BCUT2D eigenvalue weighted by Crippen LogP contribution is -2.38. The zero-order chi connectivity index (χ0) is 6.78. The number of nitrogens with one attached hydrogen (secondary N) is 1.